The summed E-state index contributed by atoms with van der Waals surface area (Å²) in [4.78, 5) is 8.43. The second-order valence-electron chi connectivity index (χ2n) is 4.33. The molecule has 0 bridgehead atoms. The molecule has 0 fully saturated rings. The number of aromatic nitrogens is 2. The quantitative estimate of drug-likeness (QED) is 0.845. The Bertz CT molecular complexity index is 487. The molecule has 0 aromatic carbocycles. The first-order valence-corrected chi connectivity index (χ1v) is 7.38. The van der Waals surface area contributed by atoms with Gasteiger partial charge in [0, 0.05) is 6.07 Å². The van der Waals surface area contributed by atoms with Crippen LogP contribution in [0.25, 0.3) is 0 Å². The molecule has 1 atom stereocenters. The lowest BCUT2D eigenvalue weighted by molar-refractivity contribution is 0.393. The van der Waals surface area contributed by atoms with Crippen molar-refractivity contribution in [3.63, 3.8) is 0 Å². The Morgan fingerprint density at radius 1 is 1.42 bits per heavy atom. The van der Waals surface area contributed by atoms with E-state index in [9.17, 15) is 0 Å². The molecule has 2 rings (SSSR count). The summed E-state index contributed by atoms with van der Waals surface area (Å²) >= 11 is 1.72. The highest BCUT2D eigenvalue weighted by molar-refractivity contribution is 7.07. The predicted octanol–water partition coefficient (Wildman–Crippen LogP) is 2.83. The minimum Gasteiger partial charge on any atom is -0.481 e. The Morgan fingerprint density at radius 2 is 2.32 bits per heavy atom. The number of thiophene rings is 1. The largest absolute Gasteiger partial charge is 0.481 e. The maximum absolute atomic E-state index is 5.17. The second-order valence-corrected chi connectivity index (χ2v) is 5.11. The Labute approximate surface area is 117 Å². The fourth-order valence-electron chi connectivity index (χ4n) is 1.90. The lowest BCUT2D eigenvalue weighted by Crippen LogP contribution is -2.25. The van der Waals surface area contributed by atoms with Gasteiger partial charge in [-0.15, -0.1) is 0 Å². The highest BCUT2D eigenvalue weighted by Gasteiger charge is 2.14. The van der Waals surface area contributed by atoms with Crippen molar-refractivity contribution in [3.8, 4) is 5.88 Å². The number of methoxy groups -OCH3 is 1. The van der Waals surface area contributed by atoms with E-state index in [1.165, 1.54) is 5.56 Å². The summed E-state index contributed by atoms with van der Waals surface area (Å²) in [6, 6.07) is 4.26. The third-order valence-electron chi connectivity index (χ3n) is 2.89. The van der Waals surface area contributed by atoms with Crippen LogP contribution in [0, 0.1) is 0 Å². The summed E-state index contributed by atoms with van der Waals surface area (Å²) in [7, 11) is 1.62. The van der Waals surface area contributed by atoms with Gasteiger partial charge in [-0.05, 0) is 41.8 Å². The topological polar surface area (TPSA) is 47.0 Å². The minimum atomic E-state index is 0.200. The molecule has 0 saturated heterocycles. The maximum atomic E-state index is 5.17. The zero-order chi connectivity index (χ0) is 13.5. The zero-order valence-electron chi connectivity index (χ0n) is 11.3. The first-order valence-electron chi connectivity index (χ1n) is 6.44. The fraction of sp³-hybridized carbons (Fsp3) is 0.429. The van der Waals surface area contributed by atoms with Crippen LogP contribution in [0.5, 0.6) is 5.88 Å². The standard InChI is InChI=1S/C14H19N3OS/c1-3-5-15-12(7-11-4-6-19-9-11)13-8-14(18-2)17-10-16-13/h4,6,8-10,12,15H,3,5,7H2,1-2H3. The van der Waals surface area contributed by atoms with Crippen LogP contribution in [0.3, 0.4) is 0 Å². The molecule has 2 aromatic heterocycles. The van der Waals surface area contributed by atoms with Crippen LogP contribution in [0.2, 0.25) is 0 Å². The van der Waals surface area contributed by atoms with E-state index in [1.54, 1.807) is 24.8 Å². The number of ether oxygens (including phenoxy) is 1. The molecular weight excluding hydrogens is 258 g/mol. The van der Waals surface area contributed by atoms with Crippen molar-refractivity contribution >= 4 is 11.3 Å². The Hall–Kier alpha value is -1.46. The summed E-state index contributed by atoms with van der Waals surface area (Å²) in [6.45, 7) is 3.14. The van der Waals surface area contributed by atoms with Crippen LogP contribution in [0.15, 0.2) is 29.2 Å². The first-order chi connectivity index (χ1) is 9.33. The van der Waals surface area contributed by atoms with Gasteiger partial charge in [0.1, 0.15) is 6.33 Å². The van der Waals surface area contributed by atoms with E-state index in [-0.39, 0.29) is 6.04 Å². The number of rotatable bonds is 7. The summed E-state index contributed by atoms with van der Waals surface area (Å²) in [6.07, 6.45) is 3.59. The maximum Gasteiger partial charge on any atom is 0.216 e. The third-order valence-corrected chi connectivity index (χ3v) is 3.62. The van der Waals surface area contributed by atoms with Gasteiger partial charge in [-0.1, -0.05) is 6.92 Å². The molecule has 4 nitrogen and oxygen atoms in total. The van der Waals surface area contributed by atoms with Crippen molar-refractivity contribution < 1.29 is 4.74 Å². The lowest BCUT2D eigenvalue weighted by Gasteiger charge is -2.17. The monoisotopic (exact) mass is 277 g/mol. The van der Waals surface area contributed by atoms with Crippen molar-refractivity contribution in [2.24, 2.45) is 0 Å². The molecule has 19 heavy (non-hydrogen) atoms. The van der Waals surface area contributed by atoms with E-state index in [0.29, 0.717) is 5.88 Å². The molecule has 1 N–H and O–H groups in total. The van der Waals surface area contributed by atoms with Crippen molar-refractivity contribution in [2.75, 3.05) is 13.7 Å². The number of hydrogen-bond donors (Lipinski definition) is 1. The van der Waals surface area contributed by atoms with Crippen molar-refractivity contribution in [2.45, 2.75) is 25.8 Å². The highest BCUT2D eigenvalue weighted by Crippen LogP contribution is 2.20. The minimum absolute atomic E-state index is 0.200. The highest BCUT2D eigenvalue weighted by atomic mass is 32.1. The summed E-state index contributed by atoms with van der Waals surface area (Å²) in [5, 5.41) is 7.82. The fourth-order valence-corrected chi connectivity index (χ4v) is 2.58. The first kappa shape index (κ1) is 14.0. The molecule has 2 heterocycles. The van der Waals surface area contributed by atoms with E-state index < -0.39 is 0 Å². The average molecular weight is 277 g/mol. The molecule has 0 aliphatic carbocycles. The molecule has 0 saturated carbocycles. The number of nitrogens with one attached hydrogen (secondary N) is 1. The lowest BCUT2D eigenvalue weighted by atomic mass is 10.1. The Morgan fingerprint density at radius 3 is 3.00 bits per heavy atom. The normalized spacial score (nSPS) is 12.3. The molecule has 0 aliphatic heterocycles. The van der Waals surface area contributed by atoms with E-state index in [0.717, 1.165) is 25.1 Å². The van der Waals surface area contributed by atoms with Gasteiger partial charge in [0.15, 0.2) is 0 Å². The van der Waals surface area contributed by atoms with E-state index in [1.807, 2.05) is 6.07 Å². The zero-order valence-corrected chi connectivity index (χ0v) is 12.1. The van der Waals surface area contributed by atoms with Gasteiger partial charge < -0.3 is 10.1 Å². The molecule has 0 radical (unpaired) electrons. The van der Waals surface area contributed by atoms with Gasteiger partial charge in [-0.25, -0.2) is 9.97 Å². The van der Waals surface area contributed by atoms with Crippen molar-refractivity contribution in [1.82, 2.24) is 15.3 Å². The Kier molecular flexibility index (Phi) is 5.30. The van der Waals surface area contributed by atoms with Gasteiger partial charge in [-0.3, -0.25) is 0 Å². The summed E-state index contributed by atoms with van der Waals surface area (Å²) in [5.74, 6) is 0.610. The second kappa shape index (κ2) is 7.21. The van der Waals surface area contributed by atoms with E-state index in [2.05, 4.69) is 39.0 Å². The van der Waals surface area contributed by atoms with Crippen LogP contribution in [0.4, 0.5) is 0 Å². The van der Waals surface area contributed by atoms with Crippen molar-refractivity contribution in [3.05, 3.63) is 40.5 Å². The summed E-state index contributed by atoms with van der Waals surface area (Å²) < 4.78 is 5.17. The predicted molar refractivity (Wildman–Crippen MR) is 77.6 cm³/mol. The molecule has 0 aliphatic rings. The van der Waals surface area contributed by atoms with Gasteiger partial charge in [0.25, 0.3) is 0 Å². The van der Waals surface area contributed by atoms with E-state index in [4.69, 9.17) is 4.74 Å². The molecule has 0 amide bonds. The van der Waals surface area contributed by atoms with Gasteiger partial charge in [0.05, 0.1) is 18.8 Å². The van der Waals surface area contributed by atoms with E-state index >= 15 is 0 Å². The van der Waals surface area contributed by atoms with Crippen LogP contribution >= 0.6 is 11.3 Å². The van der Waals surface area contributed by atoms with Gasteiger partial charge in [-0.2, -0.15) is 11.3 Å². The van der Waals surface area contributed by atoms with Crippen molar-refractivity contribution in [1.29, 1.82) is 0 Å². The molecule has 0 spiro atoms. The smallest absolute Gasteiger partial charge is 0.216 e. The molecule has 102 valence electrons. The van der Waals surface area contributed by atoms with Crippen LogP contribution < -0.4 is 10.1 Å². The van der Waals surface area contributed by atoms with Gasteiger partial charge >= 0.3 is 0 Å². The molecule has 5 heteroatoms. The number of nitrogens with zero attached hydrogens (tertiary/aromatic N) is 2. The average Bonchev–Trinajstić information content (AvgIpc) is 2.96. The molecule has 1 unspecified atom stereocenters. The molecular formula is C14H19N3OS. The third kappa shape index (κ3) is 4.01. The van der Waals surface area contributed by atoms with Crippen LogP contribution in [-0.4, -0.2) is 23.6 Å². The summed E-state index contributed by atoms with van der Waals surface area (Å²) in [5.41, 5.74) is 2.31. The Balaban J connectivity index is 2.15. The molecule has 2 aromatic rings. The van der Waals surface area contributed by atoms with Gasteiger partial charge in [0.2, 0.25) is 5.88 Å². The van der Waals surface area contributed by atoms with Crippen LogP contribution in [0.1, 0.15) is 30.6 Å². The SMILES string of the molecule is CCCNC(Cc1ccsc1)c1cc(OC)ncn1. The van der Waals surface area contributed by atoms with Crippen LogP contribution in [-0.2, 0) is 6.42 Å². The number of hydrogen-bond acceptors (Lipinski definition) is 5.